The van der Waals surface area contributed by atoms with E-state index in [0.717, 1.165) is 24.6 Å². The molecule has 0 aromatic carbocycles. The normalized spacial score (nSPS) is 23.0. The van der Waals surface area contributed by atoms with Crippen molar-refractivity contribution >= 4 is 11.8 Å². The van der Waals surface area contributed by atoms with E-state index < -0.39 is 0 Å². The summed E-state index contributed by atoms with van der Waals surface area (Å²) in [5.74, 6) is 2.04. The zero-order chi connectivity index (χ0) is 9.10. The van der Waals surface area contributed by atoms with E-state index in [9.17, 15) is 0 Å². The van der Waals surface area contributed by atoms with E-state index >= 15 is 0 Å². The summed E-state index contributed by atoms with van der Waals surface area (Å²) in [6, 6.07) is 2.01. The molecule has 1 aliphatic heterocycles. The maximum absolute atomic E-state index is 4.42. The van der Waals surface area contributed by atoms with E-state index in [0.29, 0.717) is 5.25 Å². The van der Waals surface area contributed by atoms with Gasteiger partial charge in [0.25, 0.3) is 0 Å². The Labute approximate surface area is 82.4 Å². The minimum atomic E-state index is 0.510. The van der Waals surface area contributed by atoms with Crippen molar-refractivity contribution in [3.8, 4) is 0 Å². The Morgan fingerprint density at radius 3 is 3.23 bits per heavy atom. The van der Waals surface area contributed by atoms with Gasteiger partial charge in [-0.05, 0) is 13.0 Å². The highest BCUT2D eigenvalue weighted by Gasteiger charge is 2.16. The van der Waals surface area contributed by atoms with Crippen LogP contribution in [0.4, 0.5) is 0 Å². The lowest BCUT2D eigenvalue weighted by Crippen LogP contribution is -2.28. The Kier molecular flexibility index (Phi) is 2.80. The highest BCUT2D eigenvalue weighted by molar-refractivity contribution is 7.99. The topological polar surface area (TPSA) is 37.8 Å². The number of nitrogens with zero attached hydrogens (tertiary/aromatic N) is 2. The standard InChI is InChI=1S/C9H13N3S/c1-7-11-3-2-8(12-7)9-6-10-4-5-13-9/h2-3,9-10H,4-6H2,1H3. The molecule has 1 aliphatic rings. The molecule has 1 N–H and O–H groups in total. The van der Waals surface area contributed by atoms with Crippen LogP contribution in [0.25, 0.3) is 0 Å². The van der Waals surface area contributed by atoms with E-state index in [4.69, 9.17) is 0 Å². The first-order chi connectivity index (χ1) is 6.36. The van der Waals surface area contributed by atoms with Gasteiger partial charge < -0.3 is 5.32 Å². The molecule has 1 fully saturated rings. The van der Waals surface area contributed by atoms with Gasteiger partial charge in [0.05, 0.1) is 10.9 Å². The fourth-order valence-electron chi connectivity index (χ4n) is 1.41. The third-order valence-corrected chi connectivity index (χ3v) is 3.31. The summed E-state index contributed by atoms with van der Waals surface area (Å²) in [5, 5.41) is 3.88. The van der Waals surface area contributed by atoms with Gasteiger partial charge in [-0.2, -0.15) is 0 Å². The minimum Gasteiger partial charge on any atom is -0.314 e. The average Bonchev–Trinajstić information content (AvgIpc) is 2.19. The fourth-order valence-corrected chi connectivity index (χ4v) is 2.49. The monoisotopic (exact) mass is 195 g/mol. The second-order valence-corrected chi connectivity index (χ2v) is 4.40. The van der Waals surface area contributed by atoms with Gasteiger partial charge in [-0.25, -0.2) is 9.97 Å². The third-order valence-electron chi connectivity index (χ3n) is 2.06. The smallest absolute Gasteiger partial charge is 0.125 e. The lowest BCUT2D eigenvalue weighted by Gasteiger charge is -2.21. The molecule has 2 heterocycles. The van der Waals surface area contributed by atoms with Crippen molar-refractivity contribution < 1.29 is 0 Å². The molecule has 0 aliphatic carbocycles. The molecule has 70 valence electrons. The molecule has 0 radical (unpaired) electrons. The molecule has 0 saturated carbocycles. The van der Waals surface area contributed by atoms with Crippen LogP contribution in [0.5, 0.6) is 0 Å². The summed E-state index contributed by atoms with van der Waals surface area (Å²) in [5.41, 5.74) is 1.16. The van der Waals surface area contributed by atoms with E-state index in [1.165, 1.54) is 5.75 Å². The molecule has 0 bridgehead atoms. The molecule has 0 spiro atoms. The summed E-state index contributed by atoms with van der Waals surface area (Å²) in [4.78, 5) is 8.52. The average molecular weight is 195 g/mol. The van der Waals surface area contributed by atoms with Crippen LogP contribution >= 0.6 is 11.8 Å². The van der Waals surface area contributed by atoms with Crippen molar-refractivity contribution in [2.24, 2.45) is 0 Å². The van der Waals surface area contributed by atoms with E-state index in [2.05, 4.69) is 15.3 Å². The summed E-state index contributed by atoms with van der Waals surface area (Å²) in [6.07, 6.45) is 1.84. The molecular weight excluding hydrogens is 182 g/mol. The maximum Gasteiger partial charge on any atom is 0.125 e. The van der Waals surface area contributed by atoms with Gasteiger partial charge in [0.1, 0.15) is 5.82 Å². The van der Waals surface area contributed by atoms with Gasteiger partial charge in [0.2, 0.25) is 0 Å². The largest absolute Gasteiger partial charge is 0.314 e. The Balaban J connectivity index is 2.14. The Bertz CT molecular complexity index is 284. The van der Waals surface area contributed by atoms with Gasteiger partial charge in [-0.3, -0.25) is 0 Å². The summed E-state index contributed by atoms with van der Waals surface area (Å²) in [6.45, 7) is 4.08. The van der Waals surface area contributed by atoms with Crippen molar-refractivity contribution in [1.29, 1.82) is 0 Å². The van der Waals surface area contributed by atoms with Crippen molar-refractivity contribution in [3.63, 3.8) is 0 Å². The molecule has 1 aromatic rings. The molecule has 1 unspecified atom stereocenters. The maximum atomic E-state index is 4.42. The predicted octanol–water partition coefficient (Wildman–Crippen LogP) is 1.16. The highest BCUT2D eigenvalue weighted by atomic mass is 32.2. The fraction of sp³-hybridized carbons (Fsp3) is 0.556. The number of rotatable bonds is 1. The first kappa shape index (κ1) is 8.97. The second kappa shape index (κ2) is 4.07. The van der Waals surface area contributed by atoms with E-state index in [1.54, 1.807) is 0 Å². The van der Waals surface area contributed by atoms with Crippen molar-refractivity contribution in [1.82, 2.24) is 15.3 Å². The molecule has 2 rings (SSSR count). The molecule has 4 heteroatoms. The molecule has 1 aromatic heterocycles. The van der Waals surface area contributed by atoms with Crippen LogP contribution < -0.4 is 5.32 Å². The van der Waals surface area contributed by atoms with E-state index in [-0.39, 0.29) is 0 Å². The highest BCUT2D eigenvalue weighted by Crippen LogP contribution is 2.28. The molecule has 0 amide bonds. The Morgan fingerprint density at radius 2 is 2.54 bits per heavy atom. The van der Waals surface area contributed by atoms with Gasteiger partial charge in [-0.15, -0.1) is 11.8 Å². The van der Waals surface area contributed by atoms with Crippen LogP contribution in [0.15, 0.2) is 12.3 Å². The van der Waals surface area contributed by atoms with Crippen LogP contribution in [0.3, 0.4) is 0 Å². The zero-order valence-corrected chi connectivity index (χ0v) is 8.47. The Hall–Kier alpha value is -0.610. The first-order valence-corrected chi connectivity index (χ1v) is 5.53. The van der Waals surface area contributed by atoms with Crippen molar-refractivity contribution in [3.05, 3.63) is 23.8 Å². The van der Waals surface area contributed by atoms with Crippen LogP contribution in [0, 0.1) is 6.92 Å². The predicted molar refractivity (Wildman–Crippen MR) is 54.8 cm³/mol. The van der Waals surface area contributed by atoms with E-state index in [1.807, 2.05) is 30.9 Å². The van der Waals surface area contributed by atoms with Crippen LogP contribution in [-0.2, 0) is 0 Å². The lowest BCUT2D eigenvalue weighted by atomic mass is 10.3. The molecule has 1 atom stereocenters. The van der Waals surface area contributed by atoms with Gasteiger partial charge in [-0.1, -0.05) is 0 Å². The van der Waals surface area contributed by atoms with Crippen molar-refractivity contribution in [2.75, 3.05) is 18.8 Å². The van der Waals surface area contributed by atoms with Crippen molar-refractivity contribution in [2.45, 2.75) is 12.2 Å². The van der Waals surface area contributed by atoms with Crippen LogP contribution in [0.1, 0.15) is 16.8 Å². The number of nitrogens with one attached hydrogen (secondary N) is 1. The van der Waals surface area contributed by atoms with Gasteiger partial charge >= 0.3 is 0 Å². The van der Waals surface area contributed by atoms with Crippen LogP contribution in [-0.4, -0.2) is 28.8 Å². The number of aryl methyl sites for hydroxylation is 1. The zero-order valence-electron chi connectivity index (χ0n) is 7.66. The number of hydrogen-bond donors (Lipinski definition) is 1. The van der Waals surface area contributed by atoms with Gasteiger partial charge in [0.15, 0.2) is 0 Å². The van der Waals surface area contributed by atoms with Crippen LogP contribution in [0.2, 0.25) is 0 Å². The molecule has 13 heavy (non-hydrogen) atoms. The SMILES string of the molecule is Cc1nccc(C2CNCCS2)n1. The lowest BCUT2D eigenvalue weighted by molar-refractivity contribution is 0.677. The Morgan fingerprint density at radius 1 is 1.62 bits per heavy atom. The summed E-state index contributed by atoms with van der Waals surface area (Å²) < 4.78 is 0. The molecule has 1 saturated heterocycles. The first-order valence-electron chi connectivity index (χ1n) is 4.48. The minimum absolute atomic E-state index is 0.510. The second-order valence-electron chi connectivity index (χ2n) is 3.09. The summed E-state index contributed by atoms with van der Waals surface area (Å²) in [7, 11) is 0. The molecular formula is C9H13N3S. The summed E-state index contributed by atoms with van der Waals surface area (Å²) >= 11 is 1.97. The quantitative estimate of drug-likeness (QED) is 0.730. The number of hydrogen-bond acceptors (Lipinski definition) is 4. The number of thioether (sulfide) groups is 1. The third kappa shape index (κ3) is 2.19. The molecule has 3 nitrogen and oxygen atoms in total. The van der Waals surface area contributed by atoms with Gasteiger partial charge in [0, 0.05) is 25.0 Å². The number of aromatic nitrogens is 2.